The van der Waals surface area contributed by atoms with Crippen LogP contribution in [0.3, 0.4) is 0 Å². The maximum absolute atomic E-state index is 9.24. The molecule has 9 heavy (non-hydrogen) atoms. The number of ether oxygens (including phenoxy) is 2. The van der Waals surface area contributed by atoms with Crippen LogP contribution in [0.25, 0.3) is 0 Å². The van der Waals surface area contributed by atoms with Crippen molar-refractivity contribution in [2.45, 2.75) is 25.2 Å². The minimum Gasteiger partial charge on any atom is -0.343 e. The molecule has 0 spiro atoms. The first-order chi connectivity index (χ1) is 4.27. The van der Waals surface area contributed by atoms with E-state index in [-0.39, 0.29) is 0 Å². The molecular weight excluding hydrogens is 120 g/mol. The van der Waals surface area contributed by atoms with E-state index in [1.165, 1.54) is 7.11 Å². The lowest BCUT2D eigenvalue weighted by molar-refractivity contribution is -0.363. The highest BCUT2D eigenvalue weighted by Gasteiger charge is 2.29. The Labute approximate surface area is 54.6 Å². The van der Waals surface area contributed by atoms with Crippen LogP contribution in [-0.4, -0.2) is 24.8 Å². The number of methoxy groups -OCH3 is 1. The minimum atomic E-state index is -1.28. The summed E-state index contributed by atoms with van der Waals surface area (Å²) in [5.74, 6) is -1.28. The van der Waals surface area contributed by atoms with E-state index < -0.39 is 5.97 Å². The van der Waals surface area contributed by atoms with Gasteiger partial charge in [0.05, 0.1) is 6.61 Å². The van der Waals surface area contributed by atoms with Crippen molar-refractivity contribution in [2.24, 2.45) is 0 Å². The first kappa shape index (κ1) is 6.99. The first-order valence-corrected chi connectivity index (χ1v) is 3.18. The number of hydrogen-bond acceptors (Lipinski definition) is 3. The number of rotatable bonds is 1. The van der Waals surface area contributed by atoms with Crippen LogP contribution >= 0.6 is 0 Å². The van der Waals surface area contributed by atoms with Crippen molar-refractivity contribution in [3.8, 4) is 0 Å². The van der Waals surface area contributed by atoms with E-state index in [2.05, 4.69) is 0 Å². The first-order valence-electron chi connectivity index (χ1n) is 3.18. The second-order valence-corrected chi connectivity index (χ2v) is 2.22. The average molecular weight is 132 g/mol. The van der Waals surface area contributed by atoms with Gasteiger partial charge in [-0.15, -0.1) is 0 Å². The Bertz CT molecular complexity index is 86.3. The molecule has 1 unspecified atom stereocenters. The fourth-order valence-corrected chi connectivity index (χ4v) is 0.915. The minimum absolute atomic E-state index is 0.587. The van der Waals surface area contributed by atoms with E-state index in [1.807, 2.05) is 0 Å². The van der Waals surface area contributed by atoms with E-state index >= 15 is 0 Å². The van der Waals surface area contributed by atoms with Crippen LogP contribution in [-0.2, 0) is 9.47 Å². The number of hydrogen-bond donors (Lipinski definition) is 1. The summed E-state index contributed by atoms with van der Waals surface area (Å²) in [5, 5.41) is 9.24. The van der Waals surface area contributed by atoms with Crippen molar-refractivity contribution < 1.29 is 14.6 Å². The van der Waals surface area contributed by atoms with E-state index in [9.17, 15) is 5.11 Å². The van der Waals surface area contributed by atoms with Gasteiger partial charge in [-0.1, -0.05) is 0 Å². The molecule has 0 aromatic heterocycles. The van der Waals surface area contributed by atoms with Crippen LogP contribution in [0.4, 0.5) is 0 Å². The molecule has 0 bridgehead atoms. The molecule has 54 valence electrons. The molecule has 1 aliphatic rings. The van der Waals surface area contributed by atoms with Gasteiger partial charge in [0.1, 0.15) is 0 Å². The van der Waals surface area contributed by atoms with Gasteiger partial charge in [0.2, 0.25) is 0 Å². The van der Waals surface area contributed by atoms with Crippen LogP contribution in [0.15, 0.2) is 0 Å². The van der Waals surface area contributed by atoms with Crippen molar-refractivity contribution in [1.82, 2.24) is 0 Å². The number of aliphatic hydroxyl groups is 1. The van der Waals surface area contributed by atoms with Crippen molar-refractivity contribution in [3.63, 3.8) is 0 Å². The lowest BCUT2D eigenvalue weighted by Crippen LogP contribution is -2.37. The molecule has 0 aromatic rings. The molecular formula is C6H12O3. The molecule has 1 heterocycles. The third-order valence-electron chi connectivity index (χ3n) is 1.53. The maximum atomic E-state index is 9.24. The molecule has 1 fully saturated rings. The van der Waals surface area contributed by atoms with Crippen LogP contribution in [0.1, 0.15) is 19.3 Å². The Hall–Kier alpha value is -0.120. The van der Waals surface area contributed by atoms with E-state index in [0.717, 1.165) is 12.8 Å². The summed E-state index contributed by atoms with van der Waals surface area (Å²) in [5.41, 5.74) is 0. The summed E-state index contributed by atoms with van der Waals surface area (Å²) in [7, 11) is 1.45. The van der Waals surface area contributed by atoms with Crippen LogP contribution in [0.2, 0.25) is 0 Å². The molecule has 3 heteroatoms. The van der Waals surface area contributed by atoms with Gasteiger partial charge < -0.3 is 14.6 Å². The summed E-state index contributed by atoms with van der Waals surface area (Å²) in [6.07, 6.45) is 2.58. The highest BCUT2D eigenvalue weighted by atomic mass is 16.8. The van der Waals surface area contributed by atoms with E-state index in [0.29, 0.717) is 13.0 Å². The van der Waals surface area contributed by atoms with Gasteiger partial charge in [-0.05, 0) is 12.8 Å². The molecule has 0 aliphatic carbocycles. The summed E-state index contributed by atoms with van der Waals surface area (Å²) >= 11 is 0. The quantitative estimate of drug-likeness (QED) is 0.527. The summed E-state index contributed by atoms with van der Waals surface area (Å²) < 4.78 is 9.66. The average Bonchev–Trinajstić information content (AvgIpc) is 1.90. The molecule has 0 amide bonds. The van der Waals surface area contributed by atoms with Gasteiger partial charge in [0, 0.05) is 13.5 Å². The third kappa shape index (κ3) is 1.64. The monoisotopic (exact) mass is 132 g/mol. The predicted molar refractivity (Wildman–Crippen MR) is 31.8 cm³/mol. The van der Waals surface area contributed by atoms with Crippen molar-refractivity contribution in [2.75, 3.05) is 13.7 Å². The topological polar surface area (TPSA) is 38.7 Å². The highest BCUT2D eigenvalue weighted by Crippen LogP contribution is 2.21. The van der Waals surface area contributed by atoms with Gasteiger partial charge in [0.15, 0.2) is 0 Å². The summed E-state index contributed by atoms with van der Waals surface area (Å²) in [4.78, 5) is 0. The zero-order chi connectivity index (χ0) is 6.74. The van der Waals surface area contributed by atoms with Crippen LogP contribution in [0, 0.1) is 0 Å². The Kier molecular flexibility index (Phi) is 2.05. The zero-order valence-electron chi connectivity index (χ0n) is 5.59. The molecule has 1 rings (SSSR count). The summed E-state index contributed by atoms with van der Waals surface area (Å²) in [6.45, 7) is 0.602. The van der Waals surface area contributed by atoms with Crippen molar-refractivity contribution in [1.29, 1.82) is 0 Å². The lowest BCUT2D eigenvalue weighted by atomic mass is 10.2. The Morgan fingerprint density at radius 2 is 2.33 bits per heavy atom. The molecule has 0 saturated carbocycles. The molecule has 1 saturated heterocycles. The zero-order valence-corrected chi connectivity index (χ0v) is 5.59. The smallest absolute Gasteiger partial charge is 0.280 e. The van der Waals surface area contributed by atoms with E-state index in [4.69, 9.17) is 9.47 Å². The third-order valence-corrected chi connectivity index (χ3v) is 1.53. The SMILES string of the molecule is COC1(O)CCCCO1. The van der Waals surface area contributed by atoms with Gasteiger partial charge in [-0.3, -0.25) is 0 Å². The van der Waals surface area contributed by atoms with Gasteiger partial charge in [-0.2, -0.15) is 0 Å². The Morgan fingerprint density at radius 1 is 1.56 bits per heavy atom. The largest absolute Gasteiger partial charge is 0.343 e. The second-order valence-electron chi connectivity index (χ2n) is 2.22. The fraction of sp³-hybridized carbons (Fsp3) is 1.00. The Morgan fingerprint density at radius 3 is 2.67 bits per heavy atom. The molecule has 0 radical (unpaired) electrons. The molecule has 3 nitrogen and oxygen atoms in total. The van der Waals surface area contributed by atoms with Crippen molar-refractivity contribution >= 4 is 0 Å². The highest BCUT2D eigenvalue weighted by molar-refractivity contribution is 4.59. The van der Waals surface area contributed by atoms with Gasteiger partial charge >= 0.3 is 0 Å². The predicted octanol–water partition coefficient (Wildman–Crippen LogP) is 0.479. The van der Waals surface area contributed by atoms with Crippen molar-refractivity contribution in [3.05, 3.63) is 0 Å². The Balaban J connectivity index is 2.37. The normalized spacial score (nSPS) is 36.7. The molecule has 1 aliphatic heterocycles. The molecule has 1 atom stereocenters. The fourth-order valence-electron chi connectivity index (χ4n) is 0.915. The molecule has 0 aromatic carbocycles. The second kappa shape index (κ2) is 2.64. The van der Waals surface area contributed by atoms with Gasteiger partial charge in [-0.25, -0.2) is 0 Å². The standard InChI is InChI=1S/C6H12O3/c1-8-6(7)4-2-3-5-9-6/h7H,2-5H2,1H3. The van der Waals surface area contributed by atoms with Crippen LogP contribution in [0.5, 0.6) is 0 Å². The van der Waals surface area contributed by atoms with E-state index in [1.54, 1.807) is 0 Å². The van der Waals surface area contributed by atoms with Crippen LogP contribution < -0.4 is 0 Å². The maximum Gasteiger partial charge on any atom is 0.280 e. The van der Waals surface area contributed by atoms with Gasteiger partial charge in [0.25, 0.3) is 5.97 Å². The molecule has 1 N–H and O–H groups in total. The lowest BCUT2D eigenvalue weighted by Gasteiger charge is -2.29. The summed E-state index contributed by atoms with van der Waals surface area (Å²) in [6, 6.07) is 0.